The number of halogens is 1. The third-order valence-corrected chi connectivity index (χ3v) is 3.56. The number of carbonyl (C=O) groups is 1. The van der Waals surface area contributed by atoms with Crippen molar-refractivity contribution in [1.29, 1.82) is 0 Å². The first kappa shape index (κ1) is 13.3. The maximum Gasteiger partial charge on any atom is 0.240 e. The smallest absolute Gasteiger partial charge is 0.240 e. The first-order chi connectivity index (χ1) is 8.24. The number of benzene rings is 1. The van der Waals surface area contributed by atoms with Crippen molar-refractivity contribution in [2.75, 3.05) is 6.54 Å². The van der Waals surface area contributed by atoms with Crippen LogP contribution in [0.5, 0.6) is 0 Å². The van der Waals surface area contributed by atoms with Crippen LogP contribution in [-0.2, 0) is 17.9 Å². The van der Waals surface area contributed by atoms with Crippen molar-refractivity contribution in [3.05, 3.63) is 35.4 Å². The highest BCUT2D eigenvalue weighted by Crippen LogP contribution is 2.23. The minimum Gasteiger partial charge on any atom is -0.392 e. The summed E-state index contributed by atoms with van der Waals surface area (Å²) in [7, 11) is 0. The minimum absolute atomic E-state index is 0. The number of aliphatic hydroxyl groups is 1. The molecule has 5 heteroatoms. The van der Waals surface area contributed by atoms with Gasteiger partial charge >= 0.3 is 0 Å². The second-order valence-corrected chi connectivity index (χ2v) is 4.81. The Kier molecular flexibility index (Phi) is 3.90. The van der Waals surface area contributed by atoms with Crippen molar-refractivity contribution in [2.45, 2.75) is 31.7 Å². The van der Waals surface area contributed by atoms with E-state index in [0.29, 0.717) is 26.1 Å². The van der Waals surface area contributed by atoms with Crippen molar-refractivity contribution < 1.29 is 9.90 Å². The van der Waals surface area contributed by atoms with Gasteiger partial charge in [-0.05, 0) is 17.5 Å². The number of β-amino-alcohol motifs (C(OH)–C–C–N with tert-alkyl or cyclic N) is 1. The molecule has 3 rings (SSSR count). The normalized spacial score (nSPS) is 25.7. The van der Waals surface area contributed by atoms with Crippen LogP contribution in [0.4, 0.5) is 0 Å². The molecule has 2 heterocycles. The maximum atomic E-state index is 12.2. The molecule has 2 N–H and O–H groups in total. The maximum absolute atomic E-state index is 12.2. The fourth-order valence-electron chi connectivity index (χ4n) is 2.61. The molecule has 1 saturated heterocycles. The predicted molar refractivity (Wildman–Crippen MR) is 70.4 cm³/mol. The van der Waals surface area contributed by atoms with E-state index in [9.17, 15) is 9.90 Å². The molecule has 1 fully saturated rings. The van der Waals surface area contributed by atoms with Crippen LogP contribution in [0.15, 0.2) is 24.3 Å². The number of hydrogen-bond donors (Lipinski definition) is 2. The van der Waals surface area contributed by atoms with Crippen LogP contribution >= 0.6 is 12.4 Å². The zero-order valence-corrected chi connectivity index (χ0v) is 10.8. The average molecular weight is 269 g/mol. The molecule has 2 aliphatic rings. The second kappa shape index (κ2) is 5.26. The molecule has 0 aliphatic carbocycles. The lowest BCUT2D eigenvalue weighted by Gasteiger charge is -2.19. The first-order valence-corrected chi connectivity index (χ1v) is 6.01. The SMILES string of the molecule is Cl.O=C(C1CC(O)CN1)N1Cc2ccccc2C1. The van der Waals surface area contributed by atoms with Gasteiger partial charge in [0, 0.05) is 19.6 Å². The van der Waals surface area contributed by atoms with Crippen LogP contribution in [0.2, 0.25) is 0 Å². The Bertz CT molecular complexity index is 427. The molecular weight excluding hydrogens is 252 g/mol. The van der Waals surface area contributed by atoms with Gasteiger partial charge in [0.15, 0.2) is 0 Å². The van der Waals surface area contributed by atoms with E-state index < -0.39 is 0 Å². The molecule has 0 radical (unpaired) electrons. The highest BCUT2D eigenvalue weighted by Gasteiger charge is 2.33. The predicted octanol–water partition coefficient (Wildman–Crippen LogP) is 0.673. The summed E-state index contributed by atoms with van der Waals surface area (Å²) in [5.74, 6) is 0.109. The molecule has 1 aromatic rings. The Morgan fingerprint density at radius 2 is 1.89 bits per heavy atom. The number of nitrogens with zero attached hydrogens (tertiary/aromatic N) is 1. The molecule has 0 spiro atoms. The molecule has 4 nitrogen and oxygen atoms in total. The standard InChI is InChI=1S/C13H16N2O2.ClH/c16-11-5-12(14-6-11)13(17)15-7-9-3-1-2-4-10(9)8-15;/h1-4,11-12,14,16H,5-8H2;1H. The molecule has 18 heavy (non-hydrogen) atoms. The lowest BCUT2D eigenvalue weighted by atomic mass is 10.1. The summed E-state index contributed by atoms with van der Waals surface area (Å²) >= 11 is 0. The van der Waals surface area contributed by atoms with Gasteiger partial charge < -0.3 is 15.3 Å². The molecule has 0 aromatic heterocycles. The number of aliphatic hydroxyl groups excluding tert-OH is 1. The Morgan fingerprint density at radius 3 is 2.39 bits per heavy atom. The summed E-state index contributed by atoms with van der Waals surface area (Å²) in [5, 5.41) is 12.5. The van der Waals surface area contributed by atoms with E-state index in [1.807, 2.05) is 17.0 Å². The number of nitrogens with one attached hydrogen (secondary N) is 1. The molecular formula is C13H17ClN2O2. The lowest BCUT2D eigenvalue weighted by molar-refractivity contribution is -0.133. The lowest BCUT2D eigenvalue weighted by Crippen LogP contribution is -2.40. The van der Waals surface area contributed by atoms with Gasteiger partial charge in [-0.25, -0.2) is 0 Å². The van der Waals surface area contributed by atoms with Gasteiger partial charge in [-0.15, -0.1) is 12.4 Å². The van der Waals surface area contributed by atoms with E-state index in [2.05, 4.69) is 17.4 Å². The van der Waals surface area contributed by atoms with Gasteiger partial charge in [0.05, 0.1) is 12.1 Å². The van der Waals surface area contributed by atoms with Crippen molar-refractivity contribution in [2.24, 2.45) is 0 Å². The topological polar surface area (TPSA) is 52.6 Å². The highest BCUT2D eigenvalue weighted by atomic mass is 35.5. The zero-order chi connectivity index (χ0) is 11.8. The number of hydrogen-bond acceptors (Lipinski definition) is 3. The largest absolute Gasteiger partial charge is 0.392 e. The fraction of sp³-hybridized carbons (Fsp3) is 0.462. The van der Waals surface area contributed by atoms with Crippen LogP contribution in [0, 0.1) is 0 Å². The average Bonchev–Trinajstić information content (AvgIpc) is 2.93. The van der Waals surface area contributed by atoms with Gasteiger partial charge in [0.1, 0.15) is 0 Å². The summed E-state index contributed by atoms with van der Waals surface area (Å²) in [6, 6.07) is 7.94. The number of carbonyl (C=O) groups excluding carboxylic acids is 1. The van der Waals surface area contributed by atoms with Crippen molar-refractivity contribution in [3.8, 4) is 0 Å². The van der Waals surface area contributed by atoms with Gasteiger partial charge in [-0.1, -0.05) is 24.3 Å². The van der Waals surface area contributed by atoms with Gasteiger partial charge in [-0.3, -0.25) is 4.79 Å². The Morgan fingerprint density at radius 1 is 1.28 bits per heavy atom. The first-order valence-electron chi connectivity index (χ1n) is 6.01. The molecule has 2 aliphatic heterocycles. The summed E-state index contributed by atoms with van der Waals surface area (Å²) in [4.78, 5) is 14.1. The molecule has 0 saturated carbocycles. The molecule has 2 unspecified atom stereocenters. The van der Waals surface area contributed by atoms with E-state index in [4.69, 9.17) is 0 Å². The molecule has 2 atom stereocenters. The highest BCUT2D eigenvalue weighted by molar-refractivity contribution is 5.85. The van der Waals surface area contributed by atoms with Gasteiger partial charge in [0.2, 0.25) is 5.91 Å². The van der Waals surface area contributed by atoms with Crippen LogP contribution in [-0.4, -0.2) is 34.6 Å². The van der Waals surface area contributed by atoms with Crippen LogP contribution in [0.1, 0.15) is 17.5 Å². The summed E-state index contributed by atoms with van der Waals surface area (Å²) in [6.45, 7) is 1.92. The molecule has 1 aromatic carbocycles. The summed E-state index contributed by atoms with van der Waals surface area (Å²) < 4.78 is 0. The van der Waals surface area contributed by atoms with Crippen molar-refractivity contribution in [3.63, 3.8) is 0 Å². The molecule has 1 amide bonds. The second-order valence-electron chi connectivity index (χ2n) is 4.81. The van der Waals surface area contributed by atoms with E-state index >= 15 is 0 Å². The van der Waals surface area contributed by atoms with Crippen molar-refractivity contribution in [1.82, 2.24) is 10.2 Å². The van der Waals surface area contributed by atoms with Crippen molar-refractivity contribution >= 4 is 18.3 Å². The Labute approximate surface area is 112 Å². The molecule has 0 bridgehead atoms. The van der Waals surface area contributed by atoms with E-state index in [0.717, 1.165) is 0 Å². The fourth-order valence-corrected chi connectivity index (χ4v) is 2.61. The minimum atomic E-state index is -0.381. The third kappa shape index (κ3) is 2.36. The van der Waals surface area contributed by atoms with Crippen LogP contribution in [0.3, 0.4) is 0 Å². The third-order valence-electron chi connectivity index (χ3n) is 3.56. The van der Waals surface area contributed by atoms with E-state index in [1.54, 1.807) is 0 Å². The molecule has 98 valence electrons. The van der Waals surface area contributed by atoms with Gasteiger partial charge in [0.25, 0.3) is 0 Å². The zero-order valence-electron chi connectivity index (χ0n) is 10.0. The van der Waals surface area contributed by atoms with E-state index in [-0.39, 0.29) is 30.5 Å². The number of rotatable bonds is 1. The monoisotopic (exact) mass is 268 g/mol. The van der Waals surface area contributed by atoms with Gasteiger partial charge in [-0.2, -0.15) is 0 Å². The Hall–Kier alpha value is -1.10. The summed E-state index contributed by atoms with van der Waals surface area (Å²) in [5.41, 5.74) is 2.47. The van der Waals surface area contributed by atoms with Crippen LogP contribution in [0.25, 0.3) is 0 Å². The number of fused-ring (bicyclic) bond motifs is 1. The quantitative estimate of drug-likeness (QED) is 0.787. The van der Waals surface area contributed by atoms with E-state index in [1.165, 1.54) is 11.1 Å². The summed E-state index contributed by atoms with van der Waals surface area (Å²) in [6.07, 6.45) is 0.153. The number of amides is 1. The Balaban J connectivity index is 0.00000120. The van der Waals surface area contributed by atoms with Crippen LogP contribution < -0.4 is 5.32 Å².